The summed E-state index contributed by atoms with van der Waals surface area (Å²) >= 11 is 0. The second-order valence-corrected chi connectivity index (χ2v) is 10.0. The maximum Gasteiger partial charge on any atom is 0.259 e. The van der Waals surface area contributed by atoms with E-state index in [1.165, 1.54) is 5.56 Å². The number of carbonyl (C=O) groups is 2. The Morgan fingerprint density at radius 3 is 2.44 bits per heavy atom. The van der Waals surface area contributed by atoms with Crippen LogP contribution in [-0.4, -0.2) is 47.9 Å². The van der Waals surface area contributed by atoms with Crippen LogP contribution in [0.15, 0.2) is 60.8 Å². The van der Waals surface area contributed by atoms with Crippen molar-refractivity contribution in [1.82, 2.24) is 9.88 Å². The molecule has 7 nitrogen and oxygen atoms in total. The molecule has 1 saturated carbocycles. The van der Waals surface area contributed by atoms with Crippen molar-refractivity contribution in [2.24, 2.45) is 11.8 Å². The van der Waals surface area contributed by atoms with Gasteiger partial charge in [0.2, 0.25) is 0 Å². The lowest BCUT2D eigenvalue weighted by molar-refractivity contribution is 0.0772. The topological polar surface area (TPSA) is 83.6 Å². The van der Waals surface area contributed by atoms with Gasteiger partial charge in [-0.3, -0.25) is 9.59 Å². The molecule has 186 valence electrons. The quantitative estimate of drug-likeness (QED) is 0.495. The van der Waals surface area contributed by atoms with Gasteiger partial charge in [-0.1, -0.05) is 18.2 Å². The fourth-order valence-corrected chi connectivity index (χ4v) is 5.25. The van der Waals surface area contributed by atoms with Gasteiger partial charge in [0.15, 0.2) is 0 Å². The number of methoxy groups -OCH3 is 1. The molecule has 2 atom stereocenters. The number of fused-ring (bicyclic) bond motifs is 1. The number of anilines is 2. The number of benzene rings is 2. The summed E-state index contributed by atoms with van der Waals surface area (Å²) in [6.07, 6.45) is 1.66. The van der Waals surface area contributed by atoms with Crippen LogP contribution in [0.4, 0.5) is 11.5 Å². The molecule has 1 aliphatic carbocycles. The van der Waals surface area contributed by atoms with Crippen LogP contribution in [-0.2, 0) is 0 Å². The first-order chi connectivity index (χ1) is 17.4. The van der Waals surface area contributed by atoms with Crippen molar-refractivity contribution in [2.45, 2.75) is 32.7 Å². The van der Waals surface area contributed by atoms with E-state index in [2.05, 4.69) is 27.8 Å². The minimum absolute atomic E-state index is 0.00900. The number of amides is 2. The Morgan fingerprint density at radius 2 is 1.78 bits per heavy atom. The van der Waals surface area contributed by atoms with Crippen LogP contribution in [0.1, 0.15) is 51.6 Å². The van der Waals surface area contributed by atoms with Crippen LogP contribution in [0, 0.1) is 18.8 Å². The lowest BCUT2D eigenvalue weighted by atomic mass is 10.1. The highest BCUT2D eigenvalue weighted by Crippen LogP contribution is 2.58. The van der Waals surface area contributed by atoms with E-state index in [4.69, 9.17) is 4.74 Å². The molecular weight excluding hydrogens is 452 g/mol. The second-order valence-electron chi connectivity index (χ2n) is 10.0. The first-order valence-electron chi connectivity index (χ1n) is 12.4. The normalized spacial score (nSPS) is 20.1. The predicted molar refractivity (Wildman–Crippen MR) is 141 cm³/mol. The van der Waals surface area contributed by atoms with Crippen molar-refractivity contribution in [2.75, 3.05) is 30.8 Å². The van der Waals surface area contributed by atoms with Crippen LogP contribution < -0.4 is 15.4 Å². The molecule has 1 aromatic heterocycles. The summed E-state index contributed by atoms with van der Waals surface area (Å²) in [5.74, 6) is 2.67. The van der Waals surface area contributed by atoms with Gasteiger partial charge in [-0.25, -0.2) is 4.98 Å². The van der Waals surface area contributed by atoms with Gasteiger partial charge in [0.25, 0.3) is 11.8 Å². The number of nitrogens with zero attached hydrogens (tertiary/aromatic N) is 2. The molecule has 2 unspecified atom stereocenters. The molecule has 1 aliphatic heterocycles. The fraction of sp³-hybridized carbons (Fsp3) is 0.345. The van der Waals surface area contributed by atoms with Crippen molar-refractivity contribution < 1.29 is 14.3 Å². The van der Waals surface area contributed by atoms with Crippen molar-refractivity contribution >= 4 is 23.3 Å². The van der Waals surface area contributed by atoms with E-state index in [1.54, 1.807) is 31.5 Å². The van der Waals surface area contributed by atoms with Gasteiger partial charge >= 0.3 is 0 Å². The summed E-state index contributed by atoms with van der Waals surface area (Å²) in [6.45, 7) is 7.44. The van der Waals surface area contributed by atoms with E-state index in [0.29, 0.717) is 40.4 Å². The van der Waals surface area contributed by atoms with Crippen molar-refractivity contribution in [1.29, 1.82) is 0 Å². The maximum atomic E-state index is 13.3. The highest BCUT2D eigenvalue weighted by atomic mass is 16.5. The molecule has 2 aliphatic rings. The third kappa shape index (κ3) is 4.65. The van der Waals surface area contributed by atoms with Crippen LogP contribution >= 0.6 is 0 Å². The molecule has 3 aromatic rings. The van der Waals surface area contributed by atoms with Gasteiger partial charge in [-0.2, -0.15) is 0 Å². The maximum absolute atomic E-state index is 13.3. The third-order valence-electron chi connectivity index (χ3n) is 7.19. The van der Waals surface area contributed by atoms with Crippen molar-refractivity contribution in [3.63, 3.8) is 0 Å². The summed E-state index contributed by atoms with van der Waals surface area (Å²) < 4.78 is 5.26. The number of likely N-dealkylation sites (tertiary alicyclic amines) is 1. The van der Waals surface area contributed by atoms with Crippen molar-refractivity contribution in [3.8, 4) is 5.75 Å². The number of nitrogens with one attached hydrogen (secondary N) is 2. The summed E-state index contributed by atoms with van der Waals surface area (Å²) in [6, 6.07) is 17.4. The number of pyridine rings is 1. The van der Waals surface area contributed by atoms with Gasteiger partial charge in [-0.05, 0) is 86.1 Å². The minimum atomic E-state index is -0.260. The van der Waals surface area contributed by atoms with Crippen LogP contribution in [0.2, 0.25) is 0 Å². The number of hydrogen-bond donors (Lipinski definition) is 2. The zero-order valence-corrected chi connectivity index (χ0v) is 21.1. The van der Waals surface area contributed by atoms with Crippen LogP contribution in [0.3, 0.4) is 0 Å². The van der Waals surface area contributed by atoms with E-state index in [0.717, 1.165) is 24.4 Å². The Balaban J connectivity index is 1.26. The number of aromatic nitrogens is 1. The van der Waals surface area contributed by atoms with Gasteiger partial charge in [0, 0.05) is 36.6 Å². The minimum Gasteiger partial charge on any atom is -0.497 e. The average Bonchev–Trinajstić information content (AvgIpc) is 3.37. The molecule has 1 saturated heterocycles. The Hall–Kier alpha value is -3.87. The van der Waals surface area contributed by atoms with E-state index in [1.807, 2.05) is 49.9 Å². The number of ether oxygens (including phenoxy) is 1. The number of hydrogen-bond acceptors (Lipinski definition) is 5. The first-order valence-corrected chi connectivity index (χ1v) is 12.4. The summed E-state index contributed by atoms with van der Waals surface area (Å²) in [5.41, 5.74) is 3.90. The SMILES string of the molecule is COc1ccc(C2C3CN(C(=O)c4ccc(C)c(NC(=O)c5cccnc5NC(C)C)c4)CC32)cc1. The molecule has 0 radical (unpaired) electrons. The lowest BCUT2D eigenvalue weighted by Crippen LogP contribution is -2.31. The monoisotopic (exact) mass is 484 g/mol. The highest BCUT2D eigenvalue weighted by Gasteiger charge is 2.57. The first kappa shape index (κ1) is 23.9. The average molecular weight is 485 g/mol. The zero-order valence-electron chi connectivity index (χ0n) is 21.1. The fourth-order valence-electron chi connectivity index (χ4n) is 5.25. The molecule has 5 rings (SSSR count). The Labute approximate surface area is 211 Å². The second kappa shape index (κ2) is 9.64. The number of piperidine rings is 1. The molecule has 0 spiro atoms. The summed E-state index contributed by atoms with van der Waals surface area (Å²) in [5, 5.41) is 6.19. The zero-order chi connectivity index (χ0) is 25.4. The third-order valence-corrected chi connectivity index (χ3v) is 7.19. The molecule has 36 heavy (non-hydrogen) atoms. The molecule has 2 heterocycles. The lowest BCUT2D eigenvalue weighted by Gasteiger charge is -2.21. The van der Waals surface area contributed by atoms with E-state index in [-0.39, 0.29) is 17.9 Å². The molecular formula is C29H32N4O3. The molecule has 2 aromatic carbocycles. The molecule has 2 amide bonds. The Bertz CT molecular complexity index is 1280. The number of rotatable bonds is 7. The van der Waals surface area contributed by atoms with E-state index < -0.39 is 0 Å². The Kier molecular flexibility index (Phi) is 6.39. The summed E-state index contributed by atoms with van der Waals surface area (Å²) in [7, 11) is 1.67. The largest absolute Gasteiger partial charge is 0.497 e. The molecule has 0 bridgehead atoms. The molecule has 7 heteroatoms. The van der Waals surface area contributed by atoms with Gasteiger partial charge in [-0.15, -0.1) is 0 Å². The van der Waals surface area contributed by atoms with Gasteiger partial charge < -0.3 is 20.3 Å². The molecule has 2 fully saturated rings. The number of carbonyl (C=O) groups excluding carboxylic acids is 2. The summed E-state index contributed by atoms with van der Waals surface area (Å²) in [4.78, 5) is 32.6. The standard InChI is InChI=1S/C29H32N4O3/c1-17(2)31-27-22(6-5-13-30-27)28(34)32-25-14-20(8-7-18(25)3)29(35)33-15-23-24(16-33)26(23)19-9-11-21(36-4)12-10-19/h5-14,17,23-24,26H,15-16H2,1-4H3,(H,30,31)(H,32,34). The van der Waals surface area contributed by atoms with Crippen LogP contribution in [0.25, 0.3) is 0 Å². The smallest absolute Gasteiger partial charge is 0.259 e. The van der Waals surface area contributed by atoms with Gasteiger partial charge in [0.1, 0.15) is 11.6 Å². The Morgan fingerprint density at radius 1 is 1.06 bits per heavy atom. The van der Waals surface area contributed by atoms with E-state index in [9.17, 15) is 9.59 Å². The van der Waals surface area contributed by atoms with Crippen molar-refractivity contribution in [3.05, 3.63) is 83.0 Å². The predicted octanol–water partition coefficient (Wildman–Crippen LogP) is 4.96. The van der Waals surface area contributed by atoms with E-state index >= 15 is 0 Å². The van der Waals surface area contributed by atoms with Crippen LogP contribution in [0.5, 0.6) is 5.75 Å². The highest BCUT2D eigenvalue weighted by molar-refractivity contribution is 6.08. The van der Waals surface area contributed by atoms with Gasteiger partial charge in [0.05, 0.1) is 12.7 Å². The molecule has 2 N–H and O–H groups in total. The number of aryl methyl sites for hydroxylation is 1.